The Bertz CT molecular complexity index is 271. The number of pyridine rings is 1. The van der Waals surface area contributed by atoms with Crippen molar-refractivity contribution >= 4 is 23.0 Å². The Labute approximate surface area is 71.7 Å². The fraction of sp³-hybridized carbons (Fsp3) is 0.250. The van der Waals surface area contributed by atoms with E-state index in [2.05, 4.69) is 10.3 Å². The molecule has 0 unspecified atom stereocenters. The van der Waals surface area contributed by atoms with Gasteiger partial charge in [0.1, 0.15) is 5.82 Å². The topological polar surface area (TPSA) is 24.9 Å². The maximum Gasteiger partial charge on any atom is 0.133 e. The minimum Gasteiger partial charge on any atom is -0.335 e. The molecule has 1 aromatic rings. The van der Waals surface area contributed by atoms with Crippen molar-refractivity contribution in [1.29, 1.82) is 0 Å². The summed E-state index contributed by atoms with van der Waals surface area (Å²) in [5, 5.41) is 2.99. The minimum atomic E-state index is 0.742. The van der Waals surface area contributed by atoms with Crippen LogP contribution in [0.4, 0.5) is 5.82 Å². The highest BCUT2D eigenvalue weighted by molar-refractivity contribution is 7.80. The van der Waals surface area contributed by atoms with E-state index in [1.165, 1.54) is 0 Å². The number of hydrogen-bond acceptors (Lipinski definition) is 2. The van der Waals surface area contributed by atoms with Crippen LogP contribution in [-0.2, 0) is 0 Å². The number of aryl methyl sites for hydroxylation is 1. The van der Waals surface area contributed by atoms with E-state index in [1.54, 1.807) is 6.20 Å². The van der Waals surface area contributed by atoms with Crippen LogP contribution >= 0.6 is 12.2 Å². The summed E-state index contributed by atoms with van der Waals surface area (Å²) in [5.41, 5.74) is 1.11. The van der Waals surface area contributed by atoms with E-state index in [4.69, 9.17) is 12.2 Å². The lowest BCUT2D eigenvalue weighted by atomic mass is 10.3. The molecule has 0 saturated heterocycles. The molecular weight excluding hydrogens is 156 g/mol. The Morgan fingerprint density at radius 3 is 2.91 bits per heavy atom. The van der Waals surface area contributed by atoms with Crippen LogP contribution in [0.3, 0.4) is 0 Å². The predicted molar refractivity (Wildman–Crippen MR) is 50.9 cm³/mol. The van der Waals surface area contributed by atoms with Crippen molar-refractivity contribution in [3.63, 3.8) is 0 Å². The average molecular weight is 166 g/mol. The minimum absolute atomic E-state index is 0.742. The van der Waals surface area contributed by atoms with Crippen LogP contribution in [0.5, 0.6) is 0 Å². The van der Waals surface area contributed by atoms with Crippen molar-refractivity contribution in [3.05, 3.63) is 23.9 Å². The molecule has 0 saturated carbocycles. The second-order valence-corrected chi connectivity index (χ2v) is 2.96. The van der Waals surface area contributed by atoms with Crippen LogP contribution in [0.15, 0.2) is 18.3 Å². The third kappa shape index (κ3) is 2.27. The Morgan fingerprint density at radius 1 is 1.64 bits per heavy atom. The van der Waals surface area contributed by atoms with Gasteiger partial charge in [-0.05, 0) is 25.5 Å². The molecule has 0 fully saturated rings. The number of anilines is 1. The molecule has 11 heavy (non-hydrogen) atoms. The van der Waals surface area contributed by atoms with Crippen molar-refractivity contribution in [2.75, 3.05) is 5.32 Å². The number of thiocarbonyl (C=S) groups is 1. The molecule has 1 aromatic heterocycles. The summed E-state index contributed by atoms with van der Waals surface area (Å²) in [6.45, 7) is 3.83. The summed E-state index contributed by atoms with van der Waals surface area (Å²) >= 11 is 4.89. The Hall–Kier alpha value is -0.960. The third-order valence-electron chi connectivity index (χ3n) is 1.30. The summed E-state index contributed by atoms with van der Waals surface area (Å²) in [6.07, 6.45) is 1.74. The summed E-state index contributed by atoms with van der Waals surface area (Å²) in [5.74, 6) is 0.847. The first-order chi connectivity index (χ1) is 5.20. The molecule has 1 N–H and O–H groups in total. The van der Waals surface area contributed by atoms with Crippen LogP contribution in [0.25, 0.3) is 0 Å². The lowest BCUT2D eigenvalue weighted by molar-refractivity contribution is 1.27. The molecule has 3 heteroatoms. The van der Waals surface area contributed by atoms with Gasteiger partial charge in [0.25, 0.3) is 0 Å². The highest BCUT2D eigenvalue weighted by Crippen LogP contribution is 2.08. The van der Waals surface area contributed by atoms with Gasteiger partial charge in [-0.2, -0.15) is 0 Å². The van der Waals surface area contributed by atoms with Crippen LogP contribution in [0.2, 0.25) is 0 Å². The van der Waals surface area contributed by atoms with E-state index >= 15 is 0 Å². The number of nitrogens with zero attached hydrogens (tertiary/aromatic N) is 1. The second-order valence-electron chi connectivity index (χ2n) is 2.35. The molecule has 0 aliphatic carbocycles. The highest BCUT2D eigenvalue weighted by atomic mass is 32.1. The summed E-state index contributed by atoms with van der Waals surface area (Å²) in [7, 11) is 0. The fourth-order valence-corrected chi connectivity index (χ4v) is 0.880. The molecule has 0 bridgehead atoms. The zero-order valence-electron chi connectivity index (χ0n) is 6.59. The second kappa shape index (κ2) is 3.44. The molecule has 0 spiro atoms. The zero-order valence-corrected chi connectivity index (χ0v) is 7.40. The first kappa shape index (κ1) is 8.14. The molecule has 0 radical (unpaired) electrons. The van der Waals surface area contributed by atoms with Gasteiger partial charge in [-0.15, -0.1) is 0 Å². The summed E-state index contributed by atoms with van der Waals surface area (Å²) in [6, 6.07) is 3.90. The van der Waals surface area contributed by atoms with Gasteiger partial charge in [-0.1, -0.05) is 18.3 Å². The molecule has 0 aromatic carbocycles. The lowest BCUT2D eigenvalue weighted by Crippen LogP contribution is -2.06. The van der Waals surface area contributed by atoms with Crippen molar-refractivity contribution < 1.29 is 0 Å². The van der Waals surface area contributed by atoms with E-state index in [9.17, 15) is 0 Å². The first-order valence-electron chi connectivity index (χ1n) is 3.39. The molecule has 1 rings (SSSR count). The van der Waals surface area contributed by atoms with Gasteiger partial charge in [-0.25, -0.2) is 4.98 Å². The maximum atomic E-state index is 4.89. The lowest BCUT2D eigenvalue weighted by Gasteiger charge is -2.04. The van der Waals surface area contributed by atoms with Gasteiger partial charge >= 0.3 is 0 Å². The maximum absolute atomic E-state index is 4.89. The largest absolute Gasteiger partial charge is 0.335 e. The number of hydrogen-bond donors (Lipinski definition) is 1. The van der Waals surface area contributed by atoms with Gasteiger partial charge in [0.2, 0.25) is 0 Å². The molecule has 2 nitrogen and oxygen atoms in total. The Kier molecular flexibility index (Phi) is 2.54. The SMILES string of the molecule is CC(=S)Nc1ncccc1C. The van der Waals surface area contributed by atoms with Gasteiger partial charge in [-0.3, -0.25) is 0 Å². The van der Waals surface area contributed by atoms with Gasteiger partial charge in [0.05, 0.1) is 4.99 Å². The molecule has 58 valence electrons. The quantitative estimate of drug-likeness (QED) is 0.647. The van der Waals surface area contributed by atoms with E-state index in [0.717, 1.165) is 16.4 Å². The molecule has 1 heterocycles. The van der Waals surface area contributed by atoms with Crippen LogP contribution in [-0.4, -0.2) is 9.97 Å². The smallest absolute Gasteiger partial charge is 0.133 e. The molecule has 0 amide bonds. The molecule has 0 aliphatic rings. The Balaban J connectivity index is 2.86. The van der Waals surface area contributed by atoms with E-state index in [-0.39, 0.29) is 0 Å². The predicted octanol–water partition coefficient (Wildman–Crippen LogP) is 2.15. The molecular formula is C8H10N2S. The first-order valence-corrected chi connectivity index (χ1v) is 3.80. The van der Waals surface area contributed by atoms with Crippen molar-refractivity contribution in [2.45, 2.75) is 13.8 Å². The van der Waals surface area contributed by atoms with Crippen LogP contribution in [0, 0.1) is 6.92 Å². The van der Waals surface area contributed by atoms with Crippen molar-refractivity contribution in [3.8, 4) is 0 Å². The molecule has 0 atom stereocenters. The van der Waals surface area contributed by atoms with Gasteiger partial charge in [0, 0.05) is 6.20 Å². The fourth-order valence-electron chi connectivity index (χ4n) is 0.783. The zero-order chi connectivity index (χ0) is 8.27. The third-order valence-corrected chi connectivity index (χ3v) is 1.41. The van der Waals surface area contributed by atoms with Gasteiger partial charge < -0.3 is 5.32 Å². The normalized spacial score (nSPS) is 9.27. The van der Waals surface area contributed by atoms with E-state index in [0.29, 0.717) is 0 Å². The molecule has 0 aliphatic heterocycles. The number of aromatic nitrogens is 1. The van der Waals surface area contributed by atoms with Crippen molar-refractivity contribution in [2.24, 2.45) is 0 Å². The highest BCUT2D eigenvalue weighted by Gasteiger charge is 1.96. The standard InChI is InChI=1S/C8H10N2S/c1-6-4-3-5-9-8(6)10-7(2)11/h3-5H,1-2H3,(H,9,10,11). The van der Waals surface area contributed by atoms with Gasteiger partial charge in [0.15, 0.2) is 0 Å². The van der Waals surface area contributed by atoms with Crippen molar-refractivity contribution in [1.82, 2.24) is 4.98 Å². The van der Waals surface area contributed by atoms with E-state index in [1.807, 2.05) is 26.0 Å². The van der Waals surface area contributed by atoms with Crippen LogP contribution in [0.1, 0.15) is 12.5 Å². The Morgan fingerprint density at radius 2 is 2.36 bits per heavy atom. The average Bonchev–Trinajstić information content (AvgIpc) is 1.93. The summed E-state index contributed by atoms with van der Waals surface area (Å²) < 4.78 is 0. The summed E-state index contributed by atoms with van der Waals surface area (Å²) in [4.78, 5) is 4.86. The number of nitrogens with one attached hydrogen (secondary N) is 1. The van der Waals surface area contributed by atoms with E-state index < -0.39 is 0 Å². The van der Waals surface area contributed by atoms with Crippen LogP contribution < -0.4 is 5.32 Å². The monoisotopic (exact) mass is 166 g/mol. The number of rotatable bonds is 1.